The van der Waals surface area contributed by atoms with E-state index in [1.54, 1.807) is 0 Å². The second kappa shape index (κ2) is 10.4. The lowest BCUT2D eigenvalue weighted by Gasteiger charge is -2.27. The Morgan fingerprint density at radius 2 is 2.12 bits per heavy atom. The maximum absolute atomic E-state index is 12.3. The number of nitrogens with zero attached hydrogens (tertiary/aromatic N) is 1. The van der Waals surface area contributed by atoms with Crippen LogP contribution in [0.3, 0.4) is 0 Å². The number of benzene rings is 1. The van der Waals surface area contributed by atoms with Crippen molar-refractivity contribution >= 4 is 11.6 Å². The molecule has 0 aromatic heterocycles. The summed E-state index contributed by atoms with van der Waals surface area (Å²) < 4.78 is 5.77. The highest BCUT2D eigenvalue weighted by Crippen LogP contribution is 2.25. The van der Waals surface area contributed by atoms with Gasteiger partial charge in [0.1, 0.15) is 5.75 Å². The third-order valence-electron chi connectivity index (χ3n) is 4.83. The van der Waals surface area contributed by atoms with E-state index in [4.69, 9.17) is 4.74 Å². The van der Waals surface area contributed by atoms with E-state index in [1.807, 2.05) is 24.3 Å². The second-order valence-corrected chi connectivity index (χ2v) is 7.35. The van der Waals surface area contributed by atoms with E-state index in [0.717, 1.165) is 37.5 Å². The number of nitrogens with one attached hydrogen (secondary N) is 2. The van der Waals surface area contributed by atoms with Crippen molar-refractivity contribution in [3.63, 3.8) is 0 Å². The zero-order chi connectivity index (χ0) is 18.1. The molecule has 5 heteroatoms. The number of hydrogen-bond donors (Lipinski definition) is 2. The van der Waals surface area contributed by atoms with Crippen LogP contribution in [0, 0.1) is 11.8 Å². The number of carbonyl (C=O) groups excluding carboxylic acids is 1. The summed E-state index contributed by atoms with van der Waals surface area (Å²) in [7, 11) is 4.11. The van der Waals surface area contributed by atoms with Crippen LogP contribution in [-0.2, 0) is 4.79 Å². The predicted octanol–water partition coefficient (Wildman–Crippen LogP) is 2.98. The van der Waals surface area contributed by atoms with Gasteiger partial charge in [0.15, 0.2) is 0 Å². The van der Waals surface area contributed by atoms with Gasteiger partial charge in [-0.2, -0.15) is 0 Å². The zero-order valence-corrected chi connectivity index (χ0v) is 15.9. The van der Waals surface area contributed by atoms with Crippen molar-refractivity contribution in [3.05, 3.63) is 24.3 Å². The van der Waals surface area contributed by atoms with Crippen molar-refractivity contribution < 1.29 is 9.53 Å². The van der Waals surface area contributed by atoms with E-state index in [1.165, 1.54) is 12.8 Å². The fraction of sp³-hybridized carbons (Fsp3) is 0.650. The molecule has 2 rings (SSSR count). The maximum atomic E-state index is 12.3. The predicted molar refractivity (Wildman–Crippen MR) is 103 cm³/mol. The van der Waals surface area contributed by atoms with Crippen molar-refractivity contribution in [2.45, 2.75) is 32.6 Å². The first kappa shape index (κ1) is 19.7. The second-order valence-electron chi connectivity index (χ2n) is 7.35. The van der Waals surface area contributed by atoms with Crippen LogP contribution in [0.15, 0.2) is 24.3 Å². The van der Waals surface area contributed by atoms with Crippen LogP contribution >= 0.6 is 0 Å². The highest BCUT2D eigenvalue weighted by Gasteiger charge is 2.22. The fourth-order valence-electron chi connectivity index (χ4n) is 3.32. The molecule has 0 spiro atoms. The summed E-state index contributed by atoms with van der Waals surface area (Å²) in [5, 5.41) is 6.40. The topological polar surface area (TPSA) is 53.6 Å². The van der Waals surface area contributed by atoms with Crippen molar-refractivity contribution in [2.75, 3.05) is 45.7 Å². The van der Waals surface area contributed by atoms with Crippen LogP contribution < -0.4 is 15.4 Å². The van der Waals surface area contributed by atoms with Gasteiger partial charge in [-0.1, -0.05) is 13.0 Å². The van der Waals surface area contributed by atoms with E-state index in [0.29, 0.717) is 24.9 Å². The number of piperidine rings is 1. The minimum atomic E-state index is 0.0933. The SMILES string of the molecule is CC(CC(=O)Nc1cccc(OCCCN(C)C)c1)C1CCNCC1. The standard InChI is InChI=1S/C20H33N3O2/c1-16(17-8-10-21-11-9-17)14-20(24)22-18-6-4-7-19(15-18)25-13-5-12-23(2)3/h4,6-7,15-17,21H,5,8-14H2,1-3H3,(H,22,24). The van der Waals surface area contributed by atoms with Crippen molar-refractivity contribution in [2.24, 2.45) is 11.8 Å². The van der Waals surface area contributed by atoms with Crippen LogP contribution in [-0.4, -0.2) is 51.1 Å². The number of amides is 1. The van der Waals surface area contributed by atoms with Gasteiger partial charge in [-0.3, -0.25) is 4.79 Å². The lowest BCUT2D eigenvalue weighted by molar-refractivity contribution is -0.117. The number of hydrogen-bond acceptors (Lipinski definition) is 4. The largest absolute Gasteiger partial charge is 0.493 e. The van der Waals surface area contributed by atoms with Gasteiger partial charge in [-0.25, -0.2) is 0 Å². The minimum Gasteiger partial charge on any atom is -0.493 e. The monoisotopic (exact) mass is 347 g/mol. The molecule has 1 aliphatic rings. The fourth-order valence-corrected chi connectivity index (χ4v) is 3.32. The van der Waals surface area contributed by atoms with Crippen LogP contribution in [0.4, 0.5) is 5.69 Å². The molecular formula is C20H33N3O2. The van der Waals surface area contributed by atoms with Gasteiger partial charge in [-0.05, 0) is 70.4 Å². The van der Waals surface area contributed by atoms with Gasteiger partial charge in [-0.15, -0.1) is 0 Å². The summed E-state index contributed by atoms with van der Waals surface area (Å²) in [6, 6.07) is 7.68. The summed E-state index contributed by atoms with van der Waals surface area (Å²) in [6.07, 6.45) is 3.91. The Bertz CT molecular complexity index is 527. The van der Waals surface area contributed by atoms with E-state index >= 15 is 0 Å². The number of ether oxygens (including phenoxy) is 1. The van der Waals surface area contributed by atoms with E-state index < -0.39 is 0 Å². The van der Waals surface area contributed by atoms with Gasteiger partial charge in [0.05, 0.1) is 6.61 Å². The van der Waals surface area contributed by atoms with Crippen LogP contribution in [0.5, 0.6) is 5.75 Å². The van der Waals surface area contributed by atoms with Gasteiger partial charge in [0.25, 0.3) is 0 Å². The molecule has 1 fully saturated rings. The van der Waals surface area contributed by atoms with E-state index in [-0.39, 0.29) is 5.91 Å². The molecule has 5 nitrogen and oxygen atoms in total. The van der Waals surface area contributed by atoms with Crippen molar-refractivity contribution in [1.29, 1.82) is 0 Å². The van der Waals surface area contributed by atoms with Crippen molar-refractivity contribution in [3.8, 4) is 5.75 Å². The quantitative estimate of drug-likeness (QED) is 0.674. The molecule has 0 bridgehead atoms. The Kier molecular flexibility index (Phi) is 8.22. The number of anilines is 1. The van der Waals surface area contributed by atoms with Crippen LogP contribution in [0.1, 0.15) is 32.6 Å². The van der Waals surface area contributed by atoms with Gasteiger partial charge >= 0.3 is 0 Å². The molecule has 0 radical (unpaired) electrons. The molecule has 140 valence electrons. The summed E-state index contributed by atoms with van der Waals surface area (Å²) in [5.74, 6) is 1.98. The first-order chi connectivity index (χ1) is 12.0. The van der Waals surface area contributed by atoms with Gasteiger partial charge < -0.3 is 20.3 Å². The molecule has 0 saturated carbocycles. The summed E-state index contributed by atoms with van der Waals surface area (Å²) in [4.78, 5) is 14.5. The Morgan fingerprint density at radius 3 is 2.84 bits per heavy atom. The average molecular weight is 348 g/mol. The van der Waals surface area contributed by atoms with Gasteiger partial charge in [0.2, 0.25) is 5.91 Å². The Balaban J connectivity index is 1.77. The lowest BCUT2D eigenvalue weighted by Crippen LogP contribution is -2.32. The zero-order valence-electron chi connectivity index (χ0n) is 15.9. The third-order valence-corrected chi connectivity index (χ3v) is 4.83. The van der Waals surface area contributed by atoms with Gasteiger partial charge in [0, 0.05) is 24.7 Å². The molecule has 1 aromatic rings. The number of rotatable bonds is 9. The van der Waals surface area contributed by atoms with Crippen molar-refractivity contribution in [1.82, 2.24) is 10.2 Å². The van der Waals surface area contributed by atoms with Crippen LogP contribution in [0.2, 0.25) is 0 Å². The highest BCUT2D eigenvalue weighted by atomic mass is 16.5. The molecule has 1 aliphatic heterocycles. The summed E-state index contributed by atoms with van der Waals surface area (Å²) >= 11 is 0. The normalized spacial score (nSPS) is 16.6. The molecule has 25 heavy (non-hydrogen) atoms. The molecule has 1 heterocycles. The molecule has 1 atom stereocenters. The Morgan fingerprint density at radius 1 is 1.36 bits per heavy atom. The first-order valence-corrected chi connectivity index (χ1v) is 9.43. The van der Waals surface area contributed by atoms with E-state index in [9.17, 15) is 4.79 Å². The van der Waals surface area contributed by atoms with E-state index in [2.05, 4.69) is 36.6 Å². The highest BCUT2D eigenvalue weighted by molar-refractivity contribution is 5.91. The lowest BCUT2D eigenvalue weighted by atomic mass is 9.84. The first-order valence-electron chi connectivity index (χ1n) is 9.43. The maximum Gasteiger partial charge on any atom is 0.224 e. The average Bonchev–Trinajstić information content (AvgIpc) is 2.59. The molecule has 1 aromatic carbocycles. The summed E-state index contributed by atoms with van der Waals surface area (Å²) in [5.41, 5.74) is 0.813. The molecular weight excluding hydrogens is 314 g/mol. The van der Waals surface area contributed by atoms with Crippen LogP contribution in [0.25, 0.3) is 0 Å². The molecule has 2 N–H and O–H groups in total. The minimum absolute atomic E-state index is 0.0933. The molecule has 1 unspecified atom stereocenters. The summed E-state index contributed by atoms with van der Waals surface area (Å²) in [6.45, 7) is 6.03. The Hall–Kier alpha value is -1.59. The molecule has 1 amide bonds. The number of carbonyl (C=O) groups is 1. The molecule has 0 aliphatic carbocycles. The Labute approximate surface area is 152 Å². The molecule has 1 saturated heterocycles. The smallest absolute Gasteiger partial charge is 0.224 e. The third kappa shape index (κ3) is 7.45.